The molecule has 42 heavy (non-hydrogen) atoms. The van der Waals surface area contributed by atoms with Crippen LogP contribution in [0.15, 0.2) is 11.6 Å². The maximum atomic E-state index is 13.0. The SMILES string of the molecule is COC(=O)/C1=C/[C@@H]2OC(=O)[C@H](C)[C@@]2(O)[C@H](OC(C)=O)[C@H]2[C@@H](C)[C@H](OC(C)=O)C[C@H](OC(C)=O)[C@]2(C)[C@@H](OC(C)=O)CC1. The van der Waals surface area contributed by atoms with Crippen molar-refractivity contribution in [3.8, 4) is 0 Å². The van der Waals surface area contributed by atoms with E-state index in [1.165, 1.54) is 33.8 Å². The molecule has 1 saturated carbocycles. The van der Waals surface area contributed by atoms with Crippen LogP contribution in [0.3, 0.4) is 0 Å². The molecule has 3 aliphatic rings. The van der Waals surface area contributed by atoms with Crippen molar-refractivity contribution >= 4 is 35.8 Å². The number of carbonyl (C=O) groups is 6. The molecule has 0 aromatic heterocycles. The van der Waals surface area contributed by atoms with E-state index in [0.717, 1.165) is 14.0 Å². The molecule has 0 aromatic rings. The van der Waals surface area contributed by atoms with Gasteiger partial charge in [-0.2, -0.15) is 0 Å². The molecule has 0 unspecified atom stereocenters. The van der Waals surface area contributed by atoms with E-state index in [0.29, 0.717) is 0 Å². The maximum absolute atomic E-state index is 13.0. The average molecular weight is 597 g/mol. The van der Waals surface area contributed by atoms with E-state index in [-0.39, 0.29) is 24.8 Å². The fourth-order valence-electron chi connectivity index (χ4n) is 6.98. The third-order valence-electron chi connectivity index (χ3n) is 8.94. The lowest BCUT2D eigenvalue weighted by Gasteiger charge is -2.58. The minimum Gasteiger partial charge on any atom is -0.466 e. The van der Waals surface area contributed by atoms with Crippen molar-refractivity contribution in [2.75, 3.05) is 7.11 Å². The number of aliphatic hydroxyl groups is 1. The van der Waals surface area contributed by atoms with E-state index in [9.17, 15) is 33.9 Å². The van der Waals surface area contributed by atoms with Gasteiger partial charge in [0.05, 0.1) is 13.0 Å². The number of ether oxygens (including phenoxy) is 6. The second-order valence-corrected chi connectivity index (χ2v) is 11.5. The molecule has 13 nitrogen and oxygen atoms in total. The van der Waals surface area contributed by atoms with Crippen LogP contribution in [0.1, 0.15) is 67.7 Å². The Bertz CT molecular complexity index is 1160. The van der Waals surface area contributed by atoms with Crippen LogP contribution in [-0.2, 0) is 57.2 Å². The van der Waals surface area contributed by atoms with Crippen molar-refractivity contribution in [1.82, 2.24) is 0 Å². The largest absolute Gasteiger partial charge is 0.466 e. The van der Waals surface area contributed by atoms with Gasteiger partial charge in [-0.1, -0.05) is 13.8 Å². The van der Waals surface area contributed by atoms with Crippen molar-refractivity contribution in [2.45, 2.75) is 104 Å². The molecular weight excluding hydrogens is 556 g/mol. The predicted octanol–water partition coefficient (Wildman–Crippen LogP) is 1.56. The summed E-state index contributed by atoms with van der Waals surface area (Å²) in [5, 5.41) is 12.5. The van der Waals surface area contributed by atoms with Gasteiger partial charge in [0.25, 0.3) is 0 Å². The van der Waals surface area contributed by atoms with Crippen LogP contribution in [0, 0.1) is 23.2 Å². The molecular formula is C29H40O13. The van der Waals surface area contributed by atoms with E-state index in [2.05, 4.69) is 0 Å². The molecule has 2 fully saturated rings. The third-order valence-corrected chi connectivity index (χ3v) is 8.94. The van der Waals surface area contributed by atoms with E-state index in [1.807, 2.05) is 0 Å². The Morgan fingerprint density at radius 2 is 1.45 bits per heavy atom. The van der Waals surface area contributed by atoms with Crippen LogP contribution >= 0.6 is 0 Å². The molecule has 1 heterocycles. The van der Waals surface area contributed by atoms with Crippen LogP contribution in [0.25, 0.3) is 0 Å². The molecule has 10 atom stereocenters. The summed E-state index contributed by atoms with van der Waals surface area (Å²) in [6.45, 7) is 9.50. The van der Waals surface area contributed by atoms with Gasteiger partial charge in [0.2, 0.25) is 0 Å². The molecule has 1 aliphatic heterocycles. The Hall–Kier alpha value is -3.48. The molecule has 234 valence electrons. The Morgan fingerprint density at radius 1 is 0.905 bits per heavy atom. The molecule has 0 radical (unpaired) electrons. The molecule has 1 N–H and O–H groups in total. The van der Waals surface area contributed by atoms with Gasteiger partial charge in [-0.3, -0.25) is 24.0 Å². The molecule has 0 aromatic carbocycles. The normalized spacial score (nSPS) is 39.2. The highest BCUT2D eigenvalue weighted by atomic mass is 16.6. The summed E-state index contributed by atoms with van der Waals surface area (Å²) >= 11 is 0. The Balaban J connectivity index is 2.44. The van der Waals surface area contributed by atoms with Crippen molar-refractivity contribution in [2.24, 2.45) is 23.2 Å². The quantitative estimate of drug-likeness (QED) is 0.357. The first kappa shape index (κ1) is 33.0. The van der Waals surface area contributed by atoms with Gasteiger partial charge >= 0.3 is 35.8 Å². The highest BCUT2D eigenvalue weighted by Gasteiger charge is 2.69. The number of hydrogen-bond donors (Lipinski definition) is 1. The first-order valence-electron chi connectivity index (χ1n) is 13.9. The lowest BCUT2D eigenvalue weighted by Crippen LogP contribution is -2.69. The molecule has 13 heteroatoms. The molecule has 3 rings (SSSR count). The fourth-order valence-corrected chi connectivity index (χ4v) is 6.98. The minimum absolute atomic E-state index is 0.00950. The number of fused-ring (bicyclic) bond motifs is 2. The molecule has 1 saturated heterocycles. The summed E-state index contributed by atoms with van der Waals surface area (Å²) in [5.41, 5.74) is -3.66. The van der Waals surface area contributed by atoms with Gasteiger partial charge in [-0.15, -0.1) is 0 Å². The van der Waals surface area contributed by atoms with Gasteiger partial charge < -0.3 is 33.5 Å². The van der Waals surface area contributed by atoms with E-state index in [4.69, 9.17) is 28.4 Å². The number of rotatable bonds is 5. The first-order chi connectivity index (χ1) is 19.5. The summed E-state index contributed by atoms with van der Waals surface area (Å²) < 4.78 is 33.6. The Labute approximate surface area is 244 Å². The van der Waals surface area contributed by atoms with Gasteiger partial charge in [0.15, 0.2) is 11.7 Å². The molecule has 0 bridgehead atoms. The summed E-state index contributed by atoms with van der Waals surface area (Å²) in [4.78, 5) is 75.5. The van der Waals surface area contributed by atoms with Crippen molar-refractivity contribution in [1.29, 1.82) is 0 Å². The lowest BCUT2D eigenvalue weighted by atomic mass is 9.52. The Kier molecular flexibility index (Phi) is 9.75. The standard InChI is InChI=1S/C29H40O13/c1-13-20(38-15(3)30)12-22(40-17(5)32)28(7)21(39-16(4)31)10-9-19(27(35)37-8)11-23-29(36,14(2)26(34)42-23)25(24(13)28)41-18(6)33/h11,13-14,20-25,36H,9-10,12H2,1-8H3/b19-11+/t13-,14-,20+,21-,22-,23-,24+,25+,28-,29-/m0/s1. The molecule has 2 aliphatic carbocycles. The summed E-state index contributed by atoms with van der Waals surface area (Å²) in [6.07, 6.45) is -4.86. The zero-order chi connectivity index (χ0) is 31.7. The zero-order valence-electron chi connectivity index (χ0n) is 25.2. The van der Waals surface area contributed by atoms with E-state index < -0.39 is 95.1 Å². The van der Waals surface area contributed by atoms with Crippen LogP contribution in [0.5, 0.6) is 0 Å². The predicted molar refractivity (Wildman–Crippen MR) is 141 cm³/mol. The van der Waals surface area contributed by atoms with E-state index in [1.54, 1.807) is 13.8 Å². The van der Waals surface area contributed by atoms with Crippen LogP contribution in [0.4, 0.5) is 0 Å². The van der Waals surface area contributed by atoms with Crippen molar-refractivity contribution in [3.63, 3.8) is 0 Å². The van der Waals surface area contributed by atoms with Gasteiger partial charge in [-0.25, -0.2) is 4.79 Å². The highest BCUT2D eigenvalue weighted by Crippen LogP contribution is 2.57. The monoisotopic (exact) mass is 596 g/mol. The highest BCUT2D eigenvalue weighted by molar-refractivity contribution is 5.89. The summed E-state index contributed by atoms with van der Waals surface area (Å²) in [5.74, 6) is -7.40. The zero-order valence-corrected chi connectivity index (χ0v) is 25.2. The summed E-state index contributed by atoms with van der Waals surface area (Å²) in [7, 11) is 1.16. The van der Waals surface area contributed by atoms with Gasteiger partial charge in [-0.05, 0) is 25.8 Å². The van der Waals surface area contributed by atoms with Gasteiger partial charge in [0.1, 0.15) is 24.4 Å². The topological polar surface area (TPSA) is 178 Å². The second kappa shape index (κ2) is 12.4. The minimum atomic E-state index is -2.26. The molecule has 0 spiro atoms. The van der Waals surface area contributed by atoms with Crippen molar-refractivity contribution < 1.29 is 62.3 Å². The van der Waals surface area contributed by atoms with Crippen LogP contribution in [0.2, 0.25) is 0 Å². The Morgan fingerprint density at radius 3 is 1.98 bits per heavy atom. The molecule has 0 amide bonds. The van der Waals surface area contributed by atoms with Crippen LogP contribution in [-0.4, -0.2) is 84.2 Å². The van der Waals surface area contributed by atoms with Crippen molar-refractivity contribution in [3.05, 3.63) is 11.6 Å². The lowest BCUT2D eigenvalue weighted by molar-refractivity contribution is -0.252. The first-order valence-corrected chi connectivity index (χ1v) is 13.9. The number of carbonyl (C=O) groups excluding carboxylic acids is 6. The smallest absolute Gasteiger partial charge is 0.333 e. The van der Waals surface area contributed by atoms with Crippen LogP contribution < -0.4 is 0 Å². The number of esters is 6. The fraction of sp³-hybridized carbons (Fsp3) is 0.724. The number of methoxy groups -OCH3 is 1. The van der Waals surface area contributed by atoms with E-state index >= 15 is 0 Å². The third kappa shape index (κ3) is 6.02. The summed E-state index contributed by atoms with van der Waals surface area (Å²) in [6, 6.07) is 0. The van der Waals surface area contributed by atoms with Gasteiger partial charge in [0, 0.05) is 56.9 Å². The number of hydrogen-bond acceptors (Lipinski definition) is 13. The average Bonchev–Trinajstić information content (AvgIpc) is 3.09. The second-order valence-electron chi connectivity index (χ2n) is 11.5. The maximum Gasteiger partial charge on any atom is 0.333 e.